The van der Waals surface area contributed by atoms with Crippen molar-refractivity contribution >= 4 is 0 Å². The van der Waals surface area contributed by atoms with Crippen LogP contribution in [0.5, 0.6) is 0 Å². The van der Waals surface area contributed by atoms with E-state index in [2.05, 4.69) is 23.8 Å². The molecule has 2 rings (SSSR count). The van der Waals surface area contributed by atoms with Crippen LogP contribution in [-0.4, -0.2) is 54.6 Å². The third kappa shape index (κ3) is 1.73. The van der Waals surface area contributed by atoms with Gasteiger partial charge in [-0.25, -0.2) is 0 Å². The zero-order valence-corrected chi connectivity index (χ0v) is 8.74. The zero-order chi connectivity index (χ0) is 9.42. The van der Waals surface area contributed by atoms with E-state index in [9.17, 15) is 0 Å². The summed E-state index contributed by atoms with van der Waals surface area (Å²) in [4.78, 5) is 5.02. The Balaban J connectivity index is 1.94. The minimum Gasteiger partial charge on any atom is -0.326 e. The fourth-order valence-electron chi connectivity index (χ4n) is 2.69. The van der Waals surface area contributed by atoms with Crippen LogP contribution in [0, 0.1) is 0 Å². The predicted octanol–water partition coefficient (Wildman–Crippen LogP) is 0.112. The number of hydrogen-bond donors (Lipinski definition) is 1. The Hall–Kier alpha value is -0.120. The highest BCUT2D eigenvalue weighted by molar-refractivity contribution is 4.93. The lowest BCUT2D eigenvalue weighted by Gasteiger charge is -2.29. The Morgan fingerprint density at radius 1 is 1.23 bits per heavy atom. The van der Waals surface area contributed by atoms with E-state index in [-0.39, 0.29) is 0 Å². The second-order valence-electron chi connectivity index (χ2n) is 4.64. The molecule has 0 amide bonds. The number of nitrogens with two attached hydrogens (primary N) is 1. The summed E-state index contributed by atoms with van der Waals surface area (Å²) in [6.45, 7) is 5.97. The van der Waals surface area contributed by atoms with Crippen molar-refractivity contribution < 1.29 is 0 Å². The molecule has 3 atom stereocenters. The van der Waals surface area contributed by atoms with Gasteiger partial charge in [0.1, 0.15) is 0 Å². The molecule has 0 saturated carbocycles. The van der Waals surface area contributed by atoms with Gasteiger partial charge in [-0.1, -0.05) is 0 Å². The molecule has 2 fully saturated rings. The van der Waals surface area contributed by atoms with E-state index in [1.54, 1.807) is 0 Å². The lowest BCUT2D eigenvalue weighted by Crippen LogP contribution is -2.43. The molecule has 0 aromatic heterocycles. The first-order valence-electron chi connectivity index (χ1n) is 5.38. The van der Waals surface area contributed by atoms with Crippen molar-refractivity contribution in [2.75, 3.05) is 26.7 Å². The normalized spacial score (nSPS) is 43.2. The molecule has 2 aliphatic heterocycles. The van der Waals surface area contributed by atoms with Gasteiger partial charge in [0.05, 0.1) is 0 Å². The molecule has 3 unspecified atom stereocenters. The third-order valence-corrected chi connectivity index (χ3v) is 3.70. The summed E-state index contributed by atoms with van der Waals surface area (Å²) >= 11 is 0. The lowest BCUT2D eigenvalue weighted by molar-refractivity contribution is 0.186. The summed E-state index contributed by atoms with van der Waals surface area (Å²) in [7, 11) is 2.21. The Morgan fingerprint density at radius 2 is 2.00 bits per heavy atom. The average molecular weight is 183 g/mol. The number of likely N-dealkylation sites (tertiary alicyclic amines) is 2. The van der Waals surface area contributed by atoms with E-state index < -0.39 is 0 Å². The maximum atomic E-state index is 6.02. The van der Waals surface area contributed by atoms with Crippen LogP contribution in [-0.2, 0) is 0 Å². The summed E-state index contributed by atoms with van der Waals surface area (Å²) in [6, 6.07) is 1.77. The van der Waals surface area contributed by atoms with Crippen molar-refractivity contribution in [3.05, 3.63) is 0 Å². The molecule has 0 spiro atoms. The van der Waals surface area contributed by atoms with Crippen LogP contribution in [0.2, 0.25) is 0 Å². The minimum absolute atomic E-state index is 0.408. The molecule has 0 radical (unpaired) electrons. The van der Waals surface area contributed by atoms with Crippen LogP contribution in [0.4, 0.5) is 0 Å². The van der Waals surface area contributed by atoms with Crippen LogP contribution in [0.1, 0.15) is 19.8 Å². The van der Waals surface area contributed by atoms with Gasteiger partial charge >= 0.3 is 0 Å². The smallest absolute Gasteiger partial charge is 0.0238 e. The summed E-state index contributed by atoms with van der Waals surface area (Å²) in [5.74, 6) is 0. The van der Waals surface area contributed by atoms with Gasteiger partial charge in [-0.15, -0.1) is 0 Å². The van der Waals surface area contributed by atoms with Gasteiger partial charge in [-0.2, -0.15) is 0 Å². The van der Waals surface area contributed by atoms with Gasteiger partial charge in [0, 0.05) is 31.2 Å². The Labute approximate surface area is 80.9 Å². The quantitative estimate of drug-likeness (QED) is 0.626. The van der Waals surface area contributed by atoms with Gasteiger partial charge in [-0.3, -0.25) is 4.90 Å². The first-order chi connectivity index (χ1) is 6.18. The summed E-state index contributed by atoms with van der Waals surface area (Å²) in [5, 5.41) is 0. The third-order valence-electron chi connectivity index (χ3n) is 3.70. The first-order valence-corrected chi connectivity index (χ1v) is 5.38. The van der Waals surface area contributed by atoms with E-state index in [0.717, 1.165) is 6.04 Å². The topological polar surface area (TPSA) is 32.5 Å². The lowest BCUT2D eigenvalue weighted by atomic mass is 10.1. The fourth-order valence-corrected chi connectivity index (χ4v) is 2.69. The summed E-state index contributed by atoms with van der Waals surface area (Å²) < 4.78 is 0. The van der Waals surface area contributed by atoms with Gasteiger partial charge in [0.15, 0.2) is 0 Å². The highest BCUT2D eigenvalue weighted by Crippen LogP contribution is 2.23. The van der Waals surface area contributed by atoms with Crippen LogP contribution in [0.3, 0.4) is 0 Å². The van der Waals surface area contributed by atoms with Crippen molar-refractivity contribution in [3.8, 4) is 0 Å². The van der Waals surface area contributed by atoms with Crippen LogP contribution < -0.4 is 5.73 Å². The predicted molar refractivity (Wildman–Crippen MR) is 54.7 cm³/mol. The van der Waals surface area contributed by atoms with Crippen LogP contribution in [0.25, 0.3) is 0 Å². The van der Waals surface area contributed by atoms with Crippen molar-refractivity contribution in [2.24, 2.45) is 5.73 Å². The van der Waals surface area contributed by atoms with Crippen LogP contribution in [0.15, 0.2) is 0 Å². The molecule has 3 nitrogen and oxygen atoms in total. The van der Waals surface area contributed by atoms with Gasteiger partial charge < -0.3 is 10.6 Å². The Bertz CT molecular complexity index is 183. The fraction of sp³-hybridized carbons (Fsp3) is 1.00. The first kappa shape index (κ1) is 9.44. The second-order valence-corrected chi connectivity index (χ2v) is 4.64. The maximum absolute atomic E-state index is 6.02. The molecule has 0 bridgehead atoms. The van der Waals surface area contributed by atoms with E-state index in [0.29, 0.717) is 12.1 Å². The molecule has 2 aliphatic rings. The molecule has 3 heteroatoms. The molecular weight excluding hydrogens is 162 g/mol. The number of nitrogens with zero attached hydrogens (tertiary/aromatic N) is 2. The van der Waals surface area contributed by atoms with Gasteiger partial charge in [0.2, 0.25) is 0 Å². The van der Waals surface area contributed by atoms with Gasteiger partial charge in [0.25, 0.3) is 0 Å². The standard InChI is InChI=1S/C10H21N3/c1-8-10(11)4-6-13(8)9-3-5-12(2)7-9/h8-10H,3-7,11H2,1-2H3. The van der Waals surface area contributed by atoms with Crippen molar-refractivity contribution in [1.82, 2.24) is 9.80 Å². The molecule has 0 aliphatic carbocycles. The summed E-state index contributed by atoms with van der Waals surface area (Å²) in [5.41, 5.74) is 6.02. The number of likely N-dealkylation sites (N-methyl/N-ethyl adjacent to an activating group) is 1. The average Bonchev–Trinajstić information content (AvgIpc) is 2.62. The molecule has 0 aromatic carbocycles. The SMILES string of the molecule is CC1C(N)CCN1C1CCN(C)C1. The molecule has 2 N–H and O–H groups in total. The number of rotatable bonds is 1. The van der Waals surface area contributed by atoms with E-state index >= 15 is 0 Å². The molecule has 13 heavy (non-hydrogen) atoms. The molecule has 2 saturated heterocycles. The maximum Gasteiger partial charge on any atom is 0.0238 e. The molecule has 76 valence electrons. The van der Waals surface area contributed by atoms with Crippen molar-refractivity contribution in [1.29, 1.82) is 0 Å². The highest BCUT2D eigenvalue weighted by atomic mass is 15.3. The summed E-state index contributed by atoms with van der Waals surface area (Å²) in [6.07, 6.45) is 2.51. The van der Waals surface area contributed by atoms with E-state index in [4.69, 9.17) is 5.73 Å². The Morgan fingerprint density at radius 3 is 2.46 bits per heavy atom. The molecule has 2 heterocycles. The second kappa shape index (κ2) is 3.56. The molecule has 0 aromatic rings. The van der Waals surface area contributed by atoms with Gasteiger partial charge in [-0.05, 0) is 33.4 Å². The Kier molecular flexibility index (Phi) is 2.58. The van der Waals surface area contributed by atoms with Crippen molar-refractivity contribution in [3.63, 3.8) is 0 Å². The zero-order valence-electron chi connectivity index (χ0n) is 8.74. The minimum atomic E-state index is 0.408. The number of hydrogen-bond acceptors (Lipinski definition) is 3. The monoisotopic (exact) mass is 183 g/mol. The van der Waals surface area contributed by atoms with Crippen molar-refractivity contribution in [2.45, 2.75) is 37.9 Å². The van der Waals surface area contributed by atoms with E-state index in [1.807, 2.05) is 0 Å². The van der Waals surface area contributed by atoms with E-state index in [1.165, 1.54) is 32.5 Å². The van der Waals surface area contributed by atoms with Crippen LogP contribution >= 0.6 is 0 Å². The largest absolute Gasteiger partial charge is 0.326 e. The molecular formula is C10H21N3. The highest BCUT2D eigenvalue weighted by Gasteiger charge is 2.35.